The third kappa shape index (κ3) is 3.40. The maximum Gasteiger partial charge on any atom is 0.251 e. The summed E-state index contributed by atoms with van der Waals surface area (Å²) in [6.07, 6.45) is 2.83. The molecule has 0 saturated heterocycles. The van der Waals surface area contributed by atoms with E-state index in [1.807, 2.05) is 0 Å². The number of hydrogen-bond donors (Lipinski definition) is 3. The molecule has 0 aromatic carbocycles. The van der Waals surface area contributed by atoms with Crippen LogP contribution in [0.5, 0.6) is 0 Å². The van der Waals surface area contributed by atoms with Crippen LogP contribution in [0.25, 0.3) is 0 Å². The summed E-state index contributed by atoms with van der Waals surface area (Å²) >= 11 is 4.18. The van der Waals surface area contributed by atoms with Gasteiger partial charge in [-0.05, 0) is 31.7 Å². The number of nitrogens with zero attached hydrogens (tertiary/aromatic N) is 2. The number of amides is 2. The van der Waals surface area contributed by atoms with E-state index >= 15 is 0 Å². The average molecular weight is 384 g/mol. The minimum Gasteiger partial charge on any atom is -0.365 e. The molecule has 0 saturated carbocycles. The molecule has 7 nitrogen and oxygen atoms in total. The first-order valence-electron chi connectivity index (χ1n) is 7.42. The van der Waals surface area contributed by atoms with Crippen molar-refractivity contribution in [2.45, 2.75) is 35.8 Å². The number of thioether (sulfide) groups is 1. The maximum atomic E-state index is 12.5. The Morgan fingerprint density at radius 1 is 1.29 bits per heavy atom. The molecule has 4 N–H and O–H groups in total. The molecule has 0 aliphatic heterocycles. The van der Waals surface area contributed by atoms with Crippen LogP contribution in [0.1, 0.15) is 34.1 Å². The Balaban J connectivity index is 1.71. The predicted molar refractivity (Wildman–Crippen MR) is 98.3 cm³/mol. The molecule has 0 spiro atoms. The van der Waals surface area contributed by atoms with E-state index in [1.54, 1.807) is 14.0 Å². The van der Waals surface area contributed by atoms with Crippen LogP contribution in [0, 0.1) is 0 Å². The van der Waals surface area contributed by atoms with Crippen molar-refractivity contribution in [2.24, 2.45) is 5.73 Å². The molecule has 0 unspecified atom stereocenters. The first-order valence-corrected chi connectivity index (χ1v) is 9.94. The van der Waals surface area contributed by atoms with Gasteiger partial charge in [-0.1, -0.05) is 23.1 Å². The number of nitrogens with one attached hydrogen (secondary N) is 2. The Morgan fingerprint density at radius 2 is 2.08 bits per heavy atom. The number of aryl methyl sites for hydroxylation is 1. The summed E-state index contributed by atoms with van der Waals surface area (Å²) in [7, 11) is 1.77. The van der Waals surface area contributed by atoms with E-state index in [0.717, 1.165) is 29.7 Å². The quantitative estimate of drug-likeness (QED) is 0.661. The molecule has 2 aromatic heterocycles. The topological polar surface area (TPSA) is 110 Å². The second kappa shape index (κ2) is 7.08. The fourth-order valence-electron chi connectivity index (χ4n) is 2.53. The number of carbonyl (C=O) groups is 2. The number of hydrogen-bond acceptors (Lipinski definition) is 8. The average Bonchev–Trinajstić information content (AvgIpc) is 3.21. The summed E-state index contributed by atoms with van der Waals surface area (Å²) in [5, 5.41) is 14.7. The number of rotatable bonds is 6. The zero-order valence-corrected chi connectivity index (χ0v) is 15.7. The molecule has 3 rings (SSSR count). The summed E-state index contributed by atoms with van der Waals surface area (Å²) in [6, 6.07) is 0. The van der Waals surface area contributed by atoms with Crippen molar-refractivity contribution in [1.82, 2.24) is 10.2 Å². The summed E-state index contributed by atoms with van der Waals surface area (Å²) in [5.74, 6) is -0.656. The van der Waals surface area contributed by atoms with E-state index in [0.29, 0.717) is 20.0 Å². The number of anilines is 2. The van der Waals surface area contributed by atoms with Crippen LogP contribution in [0.4, 0.5) is 10.1 Å². The van der Waals surface area contributed by atoms with Gasteiger partial charge in [0.05, 0.1) is 10.8 Å². The van der Waals surface area contributed by atoms with Gasteiger partial charge in [0.2, 0.25) is 11.0 Å². The molecule has 1 aliphatic rings. The van der Waals surface area contributed by atoms with Crippen molar-refractivity contribution in [3.63, 3.8) is 0 Å². The Labute approximate surface area is 151 Å². The summed E-state index contributed by atoms with van der Waals surface area (Å²) < 4.78 is 0.714. The minimum atomic E-state index is -0.479. The van der Waals surface area contributed by atoms with Crippen LogP contribution in [-0.2, 0) is 17.6 Å². The molecular formula is C14H17N5O2S3. The third-order valence-corrected chi connectivity index (χ3v) is 7.00. The largest absolute Gasteiger partial charge is 0.365 e. The molecule has 2 amide bonds. The first kappa shape index (κ1) is 17.2. The van der Waals surface area contributed by atoms with Gasteiger partial charge < -0.3 is 16.4 Å². The van der Waals surface area contributed by atoms with Gasteiger partial charge in [0.15, 0.2) is 4.34 Å². The SMILES string of the molecule is CNc1nnc(S[C@@H](C)C(=O)Nc2sc3c(c2C(N)=O)CCC3)s1. The van der Waals surface area contributed by atoms with Crippen LogP contribution in [0.15, 0.2) is 4.34 Å². The summed E-state index contributed by atoms with van der Waals surface area (Å²) in [5.41, 5.74) is 7.00. The van der Waals surface area contributed by atoms with Gasteiger partial charge >= 0.3 is 0 Å². The van der Waals surface area contributed by atoms with Gasteiger partial charge in [-0.2, -0.15) is 0 Å². The molecule has 10 heteroatoms. The number of fused-ring (bicyclic) bond motifs is 1. The lowest BCUT2D eigenvalue weighted by atomic mass is 10.1. The van der Waals surface area contributed by atoms with Crippen LogP contribution >= 0.6 is 34.4 Å². The van der Waals surface area contributed by atoms with E-state index in [4.69, 9.17) is 5.73 Å². The summed E-state index contributed by atoms with van der Waals surface area (Å²) in [6.45, 7) is 1.80. The molecule has 1 aliphatic carbocycles. The van der Waals surface area contributed by atoms with Gasteiger partial charge in [0, 0.05) is 11.9 Å². The highest BCUT2D eigenvalue weighted by Gasteiger charge is 2.27. The lowest BCUT2D eigenvalue weighted by molar-refractivity contribution is -0.115. The molecule has 24 heavy (non-hydrogen) atoms. The van der Waals surface area contributed by atoms with Crippen LogP contribution in [0.2, 0.25) is 0 Å². The van der Waals surface area contributed by atoms with E-state index in [2.05, 4.69) is 20.8 Å². The van der Waals surface area contributed by atoms with Crippen molar-refractivity contribution in [1.29, 1.82) is 0 Å². The van der Waals surface area contributed by atoms with Gasteiger partial charge in [-0.15, -0.1) is 21.5 Å². The van der Waals surface area contributed by atoms with Crippen molar-refractivity contribution in [3.8, 4) is 0 Å². The molecule has 128 valence electrons. The van der Waals surface area contributed by atoms with E-state index in [9.17, 15) is 9.59 Å². The highest BCUT2D eigenvalue weighted by atomic mass is 32.2. The van der Waals surface area contributed by atoms with Crippen molar-refractivity contribution in [2.75, 3.05) is 17.7 Å². The lowest BCUT2D eigenvalue weighted by Gasteiger charge is -2.10. The van der Waals surface area contributed by atoms with Crippen LogP contribution < -0.4 is 16.4 Å². The second-order valence-electron chi connectivity index (χ2n) is 5.30. The number of aromatic nitrogens is 2. The fraction of sp³-hybridized carbons (Fsp3) is 0.429. The number of thiophene rings is 1. The predicted octanol–water partition coefficient (Wildman–Crippen LogP) is 2.35. The molecule has 2 aromatic rings. The second-order valence-corrected chi connectivity index (χ2v) is 8.97. The van der Waals surface area contributed by atoms with Crippen molar-refractivity contribution < 1.29 is 9.59 Å². The van der Waals surface area contributed by atoms with Crippen molar-refractivity contribution >= 4 is 56.4 Å². The maximum absolute atomic E-state index is 12.5. The zero-order valence-electron chi connectivity index (χ0n) is 13.2. The smallest absolute Gasteiger partial charge is 0.251 e. The highest BCUT2D eigenvalue weighted by Crippen LogP contribution is 2.39. The summed E-state index contributed by atoms with van der Waals surface area (Å²) in [4.78, 5) is 25.4. The molecule has 2 heterocycles. The number of nitrogens with two attached hydrogens (primary N) is 1. The highest BCUT2D eigenvalue weighted by molar-refractivity contribution is 8.02. The van der Waals surface area contributed by atoms with Crippen LogP contribution in [0.3, 0.4) is 0 Å². The van der Waals surface area contributed by atoms with Gasteiger partial charge in [0.25, 0.3) is 5.91 Å². The Bertz CT molecular complexity index is 785. The number of primary amides is 1. The molecule has 0 bridgehead atoms. The standard InChI is InChI=1S/C14H17N5O2S3/c1-6(22-14-19-18-13(16-2)24-14)11(21)17-12-9(10(15)20)7-4-3-5-8(7)23-12/h6H,3-5H2,1-2H3,(H2,15,20)(H,16,18)(H,17,21)/t6-/m0/s1. The Kier molecular flexibility index (Phi) is 5.07. The minimum absolute atomic E-state index is 0.177. The number of carbonyl (C=O) groups excluding carboxylic acids is 2. The first-order chi connectivity index (χ1) is 11.5. The lowest BCUT2D eigenvalue weighted by Crippen LogP contribution is -2.24. The molecule has 0 radical (unpaired) electrons. The normalized spacial score (nSPS) is 14.2. The Morgan fingerprint density at radius 3 is 2.75 bits per heavy atom. The van der Waals surface area contributed by atoms with Crippen molar-refractivity contribution in [3.05, 3.63) is 16.0 Å². The Hall–Kier alpha value is -1.65. The van der Waals surface area contributed by atoms with Gasteiger partial charge in [0.1, 0.15) is 5.00 Å². The van der Waals surface area contributed by atoms with Gasteiger partial charge in [-0.3, -0.25) is 9.59 Å². The molecule has 0 fully saturated rings. The fourth-order valence-corrected chi connectivity index (χ4v) is 5.68. The van der Waals surface area contributed by atoms with Crippen LogP contribution in [-0.4, -0.2) is 34.3 Å². The van der Waals surface area contributed by atoms with E-state index in [1.165, 1.54) is 34.4 Å². The monoisotopic (exact) mass is 383 g/mol. The molecule has 1 atom stereocenters. The zero-order chi connectivity index (χ0) is 17.3. The van der Waals surface area contributed by atoms with E-state index < -0.39 is 5.91 Å². The van der Waals surface area contributed by atoms with Gasteiger partial charge in [-0.25, -0.2) is 0 Å². The third-order valence-electron chi connectivity index (χ3n) is 3.67. The molecular weight excluding hydrogens is 366 g/mol. The van der Waals surface area contributed by atoms with E-state index in [-0.39, 0.29) is 11.2 Å².